The molecular formula is C17H14BrClN2O2. The fourth-order valence-electron chi connectivity index (χ4n) is 2.02. The number of benzene rings is 2. The molecule has 0 aliphatic carbocycles. The number of hydrogen-bond donors (Lipinski definition) is 0. The van der Waals surface area contributed by atoms with Gasteiger partial charge in [0, 0.05) is 15.1 Å². The van der Waals surface area contributed by atoms with E-state index < -0.39 is 5.60 Å². The normalized spacial score (nSPS) is 11.5. The van der Waals surface area contributed by atoms with Gasteiger partial charge in [-0.05, 0) is 62.4 Å². The quantitative estimate of drug-likeness (QED) is 0.590. The van der Waals surface area contributed by atoms with Crippen molar-refractivity contribution in [3.8, 4) is 17.2 Å². The van der Waals surface area contributed by atoms with E-state index in [9.17, 15) is 0 Å². The zero-order valence-corrected chi connectivity index (χ0v) is 14.9. The second-order valence-corrected chi connectivity index (χ2v) is 6.84. The van der Waals surface area contributed by atoms with Crippen molar-refractivity contribution in [2.24, 2.45) is 0 Å². The summed E-state index contributed by atoms with van der Waals surface area (Å²) >= 11 is 9.28. The Labute approximate surface area is 147 Å². The lowest BCUT2D eigenvalue weighted by atomic mass is 10.1. The summed E-state index contributed by atoms with van der Waals surface area (Å²) in [6.45, 7) is 3.75. The van der Waals surface area contributed by atoms with Crippen LogP contribution in [0.3, 0.4) is 0 Å². The SMILES string of the molecule is CC(C)(Oc1ccc(Cl)cc1)c1nnc(-c2ccc(Br)cc2)o1. The minimum absolute atomic E-state index is 0.408. The van der Waals surface area contributed by atoms with Crippen molar-refractivity contribution in [1.29, 1.82) is 0 Å². The lowest BCUT2D eigenvalue weighted by Crippen LogP contribution is -2.25. The van der Waals surface area contributed by atoms with Gasteiger partial charge in [-0.3, -0.25) is 0 Å². The Bertz CT molecular complexity index is 798. The fourth-order valence-corrected chi connectivity index (χ4v) is 2.41. The third kappa shape index (κ3) is 3.74. The van der Waals surface area contributed by atoms with E-state index in [-0.39, 0.29) is 0 Å². The van der Waals surface area contributed by atoms with Crippen molar-refractivity contribution < 1.29 is 9.15 Å². The zero-order valence-electron chi connectivity index (χ0n) is 12.6. The first kappa shape index (κ1) is 16.0. The molecule has 0 saturated carbocycles. The van der Waals surface area contributed by atoms with Crippen LogP contribution in [-0.2, 0) is 5.60 Å². The van der Waals surface area contributed by atoms with E-state index in [1.54, 1.807) is 24.3 Å². The average molecular weight is 394 g/mol. The Morgan fingerprint density at radius 2 is 1.65 bits per heavy atom. The number of ether oxygens (including phenoxy) is 1. The van der Waals surface area contributed by atoms with Gasteiger partial charge in [0.1, 0.15) is 5.75 Å². The van der Waals surface area contributed by atoms with Crippen molar-refractivity contribution >= 4 is 27.5 Å². The van der Waals surface area contributed by atoms with E-state index >= 15 is 0 Å². The van der Waals surface area contributed by atoms with Gasteiger partial charge in [0.2, 0.25) is 5.89 Å². The molecule has 0 saturated heterocycles. The van der Waals surface area contributed by atoms with E-state index in [4.69, 9.17) is 20.8 Å². The smallest absolute Gasteiger partial charge is 0.259 e. The maximum atomic E-state index is 5.95. The highest BCUT2D eigenvalue weighted by atomic mass is 79.9. The molecule has 0 aliphatic heterocycles. The van der Waals surface area contributed by atoms with Crippen LogP contribution < -0.4 is 4.74 Å². The van der Waals surface area contributed by atoms with Crippen LogP contribution in [-0.4, -0.2) is 10.2 Å². The number of aromatic nitrogens is 2. The van der Waals surface area contributed by atoms with Crippen LogP contribution in [0.1, 0.15) is 19.7 Å². The molecule has 0 bridgehead atoms. The predicted octanol–water partition coefficient (Wildman–Crippen LogP) is 5.47. The first-order valence-corrected chi connectivity index (χ1v) is 8.16. The van der Waals surface area contributed by atoms with Crippen molar-refractivity contribution in [3.63, 3.8) is 0 Å². The molecule has 2 aromatic carbocycles. The summed E-state index contributed by atoms with van der Waals surface area (Å²) < 4.78 is 12.7. The Morgan fingerprint density at radius 1 is 1.00 bits per heavy atom. The summed E-state index contributed by atoms with van der Waals surface area (Å²) in [6, 6.07) is 14.8. The van der Waals surface area contributed by atoms with Crippen LogP contribution in [0, 0.1) is 0 Å². The summed E-state index contributed by atoms with van der Waals surface area (Å²) in [5.74, 6) is 1.55. The standard InChI is InChI=1S/C17H14BrClN2O2/c1-17(2,23-14-9-7-13(19)8-10-14)16-21-20-15(22-16)11-3-5-12(18)6-4-11/h3-10H,1-2H3. The molecule has 0 fully saturated rings. The van der Waals surface area contributed by atoms with Gasteiger partial charge in [-0.1, -0.05) is 27.5 Å². The van der Waals surface area contributed by atoms with E-state index in [1.807, 2.05) is 38.1 Å². The van der Waals surface area contributed by atoms with E-state index in [0.29, 0.717) is 22.6 Å². The molecule has 6 heteroatoms. The highest BCUT2D eigenvalue weighted by Gasteiger charge is 2.30. The van der Waals surface area contributed by atoms with Gasteiger partial charge < -0.3 is 9.15 Å². The lowest BCUT2D eigenvalue weighted by molar-refractivity contribution is 0.0770. The molecule has 1 heterocycles. The molecule has 0 spiro atoms. The fraction of sp³-hybridized carbons (Fsp3) is 0.176. The van der Waals surface area contributed by atoms with Crippen molar-refractivity contribution in [1.82, 2.24) is 10.2 Å². The highest BCUT2D eigenvalue weighted by Crippen LogP contribution is 2.30. The molecule has 0 N–H and O–H groups in total. The Kier molecular flexibility index (Phi) is 4.41. The monoisotopic (exact) mass is 392 g/mol. The van der Waals surface area contributed by atoms with Crippen LogP contribution in [0.25, 0.3) is 11.5 Å². The summed E-state index contributed by atoms with van der Waals surface area (Å²) in [5.41, 5.74) is 0.100. The molecule has 3 rings (SSSR count). The van der Waals surface area contributed by atoms with Crippen LogP contribution >= 0.6 is 27.5 Å². The summed E-state index contributed by atoms with van der Waals surface area (Å²) in [7, 11) is 0. The number of hydrogen-bond acceptors (Lipinski definition) is 4. The minimum atomic E-state index is -0.756. The number of rotatable bonds is 4. The molecule has 1 aromatic heterocycles. The Morgan fingerprint density at radius 3 is 2.30 bits per heavy atom. The van der Waals surface area contributed by atoms with Crippen LogP contribution in [0.5, 0.6) is 5.75 Å². The molecule has 0 unspecified atom stereocenters. The molecular weight excluding hydrogens is 380 g/mol. The van der Waals surface area contributed by atoms with Crippen molar-refractivity contribution in [3.05, 3.63) is 63.9 Å². The van der Waals surface area contributed by atoms with Gasteiger partial charge in [-0.25, -0.2) is 0 Å². The van der Waals surface area contributed by atoms with E-state index in [2.05, 4.69) is 26.1 Å². The van der Waals surface area contributed by atoms with Crippen LogP contribution in [0.2, 0.25) is 5.02 Å². The summed E-state index contributed by atoms with van der Waals surface area (Å²) in [4.78, 5) is 0. The van der Waals surface area contributed by atoms with Crippen molar-refractivity contribution in [2.75, 3.05) is 0 Å². The summed E-state index contributed by atoms with van der Waals surface area (Å²) in [5, 5.41) is 8.88. The topological polar surface area (TPSA) is 48.2 Å². The molecule has 118 valence electrons. The second kappa shape index (κ2) is 6.34. The highest BCUT2D eigenvalue weighted by molar-refractivity contribution is 9.10. The number of nitrogens with zero attached hydrogens (tertiary/aromatic N) is 2. The van der Waals surface area contributed by atoms with Gasteiger partial charge in [0.15, 0.2) is 5.60 Å². The molecule has 0 amide bonds. The van der Waals surface area contributed by atoms with Gasteiger partial charge >= 0.3 is 0 Å². The Hall–Kier alpha value is -1.85. The van der Waals surface area contributed by atoms with E-state index in [0.717, 1.165) is 10.0 Å². The third-order valence-electron chi connectivity index (χ3n) is 3.22. The average Bonchev–Trinajstić information content (AvgIpc) is 3.01. The lowest BCUT2D eigenvalue weighted by Gasteiger charge is -2.22. The van der Waals surface area contributed by atoms with Crippen LogP contribution in [0.4, 0.5) is 0 Å². The van der Waals surface area contributed by atoms with Gasteiger partial charge in [0.05, 0.1) is 0 Å². The first-order chi connectivity index (χ1) is 10.9. The maximum Gasteiger partial charge on any atom is 0.259 e. The maximum absolute atomic E-state index is 5.95. The van der Waals surface area contributed by atoms with Crippen molar-refractivity contribution in [2.45, 2.75) is 19.4 Å². The third-order valence-corrected chi connectivity index (χ3v) is 4.00. The summed E-state index contributed by atoms with van der Waals surface area (Å²) in [6.07, 6.45) is 0. The zero-order chi connectivity index (χ0) is 16.4. The molecule has 23 heavy (non-hydrogen) atoms. The molecule has 0 radical (unpaired) electrons. The Balaban J connectivity index is 1.83. The molecule has 4 nitrogen and oxygen atoms in total. The van der Waals surface area contributed by atoms with Gasteiger partial charge in [-0.2, -0.15) is 0 Å². The van der Waals surface area contributed by atoms with Gasteiger partial charge in [-0.15, -0.1) is 10.2 Å². The second-order valence-electron chi connectivity index (χ2n) is 5.49. The first-order valence-electron chi connectivity index (χ1n) is 6.98. The van der Waals surface area contributed by atoms with Gasteiger partial charge in [0.25, 0.3) is 5.89 Å². The molecule has 0 atom stereocenters. The predicted molar refractivity (Wildman–Crippen MR) is 92.5 cm³/mol. The minimum Gasteiger partial charge on any atom is -0.478 e. The van der Waals surface area contributed by atoms with E-state index in [1.165, 1.54) is 0 Å². The molecule has 3 aromatic rings. The largest absolute Gasteiger partial charge is 0.478 e. The number of halogens is 2. The van der Waals surface area contributed by atoms with Crippen LogP contribution in [0.15, 0.2) is 57.4 Å². The molecule has 0 aliphatic rings.